The van der Waals surface area contributed by atoms with E-state index in [1.54, 1.807) is 18.3 Å². The fourth-order valence-electron chi connectivity index (χ4n) is 3.15. The van der Waals surface area contributed by atoms with Crippen molar-refractivity contribution in [1.29, 1.82) is 0 Å². The van der Waals surface area contributed by atoms with E-state index >= 15 is 0 Å². The third kappa shape index (κ3) is 6.14. The summed E-state index contributed by atoms with van der Waals surface area (Å²) >= 11 is 0. The molecule has 3 aromatic rings. The zero-order valence-electron chi connectivity index (χ0n) is 16.9. The second kappa shape index (κ2) is 9.74. The summed E-state index contributed by atoms with van der Waals surface area (Å²) in [7, 11) is 0. The zero-order valence-corrected chi connectivity index (χ0v) is 16.9. The molecule has 3 rings (SSSR count). The average Bonchev–Trinajstić information content (AvgIpc) is 2.73. The van der Waals surface area contributed by atoms with Gasteiger partial charge >= 0.3 is 6.18 Å². The fourth-order valence-corrected chi connectivity index (χ4v) is 3.15. The number of rotatable bonds is 6. The summed E-state index contributed by atoms with van der Waals surface area (Å²) in [5.74, 6) is 0.0423. The SMILES string of the molecule is CCCCCc1ccc(-c2ccc(-c3cc(F)c(C#CC(F)(F)F)c(F)c3)nc2)cc1. The van der Waals surface area contributed by atoms with Gasteiger partial charge in [0.2, 0.25) is 0 Å². The van der Waals surface area contributed by atoms with E-state index in [2.05, 4.69) is 24.0 Å². The molecule has 0 fully saturated rings. The van der Waals surface area contributed by atoms with Crippen LogP contribution in [0.2, 0.25) is 0 Å². The van der Waals surface area contributed by atoms with Crippen molar-refractivity contribution in [1.82, 2.24) is 4.98 Å². The standard InChI is InChI=1S/C25H20F5N/c1-2-3-4-5-17-6-8-18(9-7-17)19-10-11-24(31-16-19)20-14-22(26)21(23(27)15-20)12-13-25(28,29)30/h6-11,14-16H,2-5H2,1H3. The highest BCUT2D eigenvalue weighted by atomic mass is 19.4. The van der Waals surface area contributed by atoms with Crippen LogP contribution in [0.5, 0.6) is 0 Å². The van der Waals surface area contributed by atoms with Crippen LogP contribution in [0.4, 0.5) is 22.0 Å². The quantitative estimate of drug-likeness (QED) is 0.227. The smallest absolute Gasteiger partial charge is 0.256 e. The van der Waals surface area contributed by atoms with Gasteiger partial charge in [0.25, 0.3) is 0 Å². The third-order valence-electron chi connectivity index (χ3n) is 4.79. The van der Waals surface area contributed by atoms with Crippen LogP contribution in [0.15, 0.2) is 54.7 Å². The van der Waals surface area contributed by atoms with Gasteiger partial charge in [-0.05, 0) is 42.2 Å². The topological polar surface area (TPSA) is 12.9 Å². The number of aryl methyl sites for hydroxylation is 1. The van der Waals surface area contributed by atoms with Crippen LogP contribution >= 0.6 is 0 Å². The molecule has 1 nitrogen and oxygen atoms in total. The van der Waals surface area contributed by atoms with E-state index in [4.69, 9.17) is 0 Å². The summed E-state index contributed by atoms with van der Waals surface area (Å²) in [4.78, 5) is 4.26. The lowest BCUT2D eigenvalue weighted by molar-refractivity contribution is -0.0696. The van der Waals surface area contributed by atoms with Gasteiger partial charge in [-0.15, -0.1) is 0 Å². The highest BCUT2D eigenvalue weighted by molar-refractivity contribution is 5.67. The van der Waals surface area contributed by atoms with Crippen molar-refractivity contribution in [3.63, 3.8) is 0 Å². The van der Waals surface area contributed by atoms with Crippen LogP contribution < -0.4 is 0 Å². The largest absolute Gasteiger partial charge is 0.458 e. The number of hydrogen-bond donors (Lipinski definition) is 0. The predicted molar refractivity (Wildman–Crippen MR) is 111 cm³/mol. The number of hydrogen-bond acceptors (Lipinski definition) is 1. The van der Waals surface area contributed by atoms with Gasteiger partial charge in [0, 0.05) is 23.2 Å². The van der Waals surface area contributed by atoms with Crippen molar-refractivity contribution in [2.75, 3.05) is 0 Å². The van der Waals surface area contributed by atoms with Crippen LogP contribution in [-0.4, -0.2) is 11.2 Å². The van der Waals surface area contributed by atoms with Crippen LogP contribution in [-0.2, 0) is 6.42 Å². The van der Waals surface area contributed by atoms with Gasteiger partial charge < -0.3 is 0 Å². The normalized spacial score (nSPS) is 11.2. The highest BCUT2D eigenvalue weighted by Gasteiger charge is 2.23. The molecule has 0 saturated heterocycles. The Morgan fingerprint density at radius 2 is 1.48 bits per heavy atom. The first-order chi connectivity index (χ1) is 14.8. The van der Waals surface area contributed by atoms with Crippen molar-refractivity contribution >= 4 is 0 Å². The van der Waals surface area contributed by atoms with Crippen molar-refractivity contribution in [3.8, 4) is 34.2 Å². The van der Waals surface area contributed by atoms with Gasteiger partial charge in [0.1, 0.15) is 11.6 Å². The summed E-state index contributed by atoms with van der Waals surface area (Å²) in [6.07, 6.45) is 1.32. The molecule has 31 heavy (non-hydrogen) atoms. The molecule has 0 aliphatic carbocycles. The van der Waals surface area contributed by atoms with Gasteiger partial charge in [-0.25, -0.2) is 8.78 Å². The Bertz CT molecular complexity index is 1060. The minimum absolute atomic E-state index is 0.116. The monoisotopic (exact) mass is 429 g/mol. The number of alkyl halides is 3. The van der Waals surface area contributed by atoms with Gasteiger partial charge in [-0.2, -0.15) is 13.2 Å². The lowest BCUT2D eigenvalue weighted by atomic mass is 10.0. The molecule has 0 unspecified atom stereocenters. The first-order valence-electron chi connectivity index (χ1n) is 9.91. The van der Waals surface area contributed by atoms with Crippen molar-refractivity contribution in [2.45, 2.75) is 38.8 Å². The molecule has 0 radical (unpaired) electrons. The minimum Gasteiger partial charge on any atom is -0.256 e. The molecular formula is C25H20F5N. The molecule has 2 aromatic carbocycles. The van der Waals surface area contributed by atoms with E-state index in [1.165, 1.54) is 24.3 Å². The Labute approximate surface area is 178 Å². The van der Waals surface area contributed by atoms with E-state index in [1.807, 2.05) is 12.1 Å². The molecule has 0 atom stereocenters. The van der Waals surface area contributed by atoms with Crippen molar-refractivity contribution < 1.29 is 22.0 Å². The van der Waals surface area contributed by atoms with Crippen LogP contribution in [0.3, 0.4) is 0 Å². The summed E-state index contributed by atoms with van der Waals surface area (Å²) in [6, 6.07) is 13.4. The first kappa shape index (κ1) is 22.5. The number of unbranched alkanes of at least 4 members (excludes halogenated alkanes) is 2. The molecule has 1 aromatic heterocycles. The molecule has 0 aliphatic heterocycles. The van der Waals surface area contributed by atoms with E-state index in [0.29, 0.717) is 5.69 Å². The lowest BCUT2D eigenvalue weighted by Gasteiger charge is -2.07. The van der Waals surface area contributed by atoms with Crippen molar-refractivity contribution in [2.24, 2.45) is 0 Å². The third-order valence-corrected chi connectivity index (χ3v) is 4.79. The number of benzene rings is 2. The summed E-state index contributed by atoms with van der Waals surface area (Å²) in [5.41, 5.74) is 2.57. The molecule has 0 aliphatic rings. The summed E-state index contributed by atoms with van der Waals surface area (Å²) in [5, 5.41) is 0. The molecule has 6 heteroatoms. The van der Waals surface area contributed by atoms with Gasteiger partial charge in [-0.1, -0.05) is 56.0 Å². The number of aromatic nitrogens is 1. The maximum absolute atomic E-state index is 14.1. The van der Waals surface area contributed by atoms with E-state index in [0.717, 1.165) is 42.0 Å². The minimum atomic E-state index is -4.83. The highest BCUT2D eigenvalue weighted by Crippen LogP contribution is 2.26. The number of nitrogens with zero attached hydrogens (tertiary/aromatic N) is 1. The molecule has 0 spiro atoms. The van der Waals surface area contributed by atoms with E-state index in [9.17, 15) is 22.0 Å². The Hall–Kier alpha value is -3.20. The molecular weight excluding hydrogens is 409 g/mol. The molecule has 0 bridgehead atoms. The molecule has 0 saturated carbocycles. The Balaban J connectivity index is 1.79. The fraction of sp³-hybridized carbons (Fsp3) is 0.240. The average molecular weight is 429 g/mol. The molecule has 160 valence electrons. The van der Waals surface area contributed by atoms with Crippen LogP contribution in [0.25, 0.3) is 22.4 Å². The molecule has 0 N–H and O–H groups in total. The predicted octanol–water partition coefficient (Wildman–Crippen LogP) is 7.34. The van der Waals surface area contributed by atoms with E-state index in [-0.39, 0.29) is 5.56 Å². The van der Waals surface area contributed by atoms with Crippen molar-refractivity contribution in [3.05, 3.63) is 77.5 Å². The Morgan fingerprint density at radius 3 is 2.03 bits per heavy atom. The number of halogens is 5. The second-order valence-corrected chi connectivity index (χ2v) is 7.15. The Morgan fingerprint density at radius 1 is 0.839 bits per heavy atom. The maximum atomic E-state index is 14.1. The van der Waals surface area contributed by atoms with Crippen LogP contribution in [0.1, 0.15) is 37.3 Å². The van der Waals surface area contributed by atoms with Gasteiger partial charge in [-0.3, -0.25) is 4.98 Å². The second-order valence-electron chi connectivity index (χ2n) is 7.15. The number of pyridine rings is 1. The molecule has 1 heterocycles. The zero-order chi connectivity index (χ0) is 22.4. The maximum Gasteiger partial charge on any atom is 0.458 e. The first-order valence-corrected chi connectivity index (χ1v) is 9.91. The summed E-state index contributed by atoms with van der Waals surface area (Å²) < 4.78 is 64.8. The summed E-state index contributed by atoms with van der Waals surface area (Å²) in [6.45, 7) is 2.17. The van der Waals surface area contributed by atoms with E-state index < -0.39 is 23.4 Å². The van der Waals surface area contributed by atoms with Gasteiger partial charge in [0.05, 0.1) is 11.3 Å². The van der Waals surface area contributed by atoms with Crippen LogP contribution in [0, 0.1) is 23.5 Å². The Kier molecular flexibility index (Phi) is 7.06. The molecule has 0 amide bonds. The lowest BCUT2D eigenvalue weighted by Crippen LogP contribution is -2.02. The van der Waals surface area contributed by atoms with Gasteiger partial charge in [0.15, 0.2) is 0 Å².